The van der Waals surface area contributed by atoms with E-state index in [9.17, 15) is 5.11 Å². The molecule has 2 aliphatic heterocycles. The minimum absolute atomic E-state index is 0. The molecule has 23 heavy (non-hydrogen) atoms. The number of ether oxygens (including phenoxy) is 3. The van der Waals surface area contributed by atoms with E-state index in [-0.39, 0.29) is 19.2 Å². The fraction of sp³-hybridized carbons (Fsp3) is 0.647. The van der Waals surface area contributed by atoms with Crippen LogP contribution in [0, 0.1) is 0 Å². The first-order valence-corrected chi connectivity index (χ1v) is 8.21. The summed E-state index contributed by atoms with van der Waals surface area (Å²) in [5.74, 6) is 2.15. The third kappa shape index (κ3) is 4.66. The van der Waals surface area contributed by atoms with E-state index in [0.717, 1.165) is 18.7 Å². The predicted molar refractivity (Wildman–Crippen MR) is 90.8 cm³/mol. The summed E-state index contributed by atoms with van der Waals surface area (Å²) in [6, 6.07) is 6.09. The first-order chi connectivity index (χ1) is 10.8. The van der Waals surface area contributed by atoms with Crippen molar-refractivity contribution in [2.24, 2.45) is 0 Å². The van der Waals surface area contributed by atoms with E-state index >= 15 is 0 Å². The fourth-order valence-corrected chi connectivity index (χ4v) is 3.25. The molecule has 0 aromatic heterocycles. The van der Waals surface area contributed by atoms with Gasteiger partial charge in [0.05, 0.1) is 0 Å². The summed E-state index contributed by atoms with van der Waals surface area (Å²) in [6.45, 7) is 4.54. The van der Waals surface area contributed by atoms with Gasteiger partial charge in [-0.15, -0.1) is 12.4 Å². The van der Waals surface area contributed by atoms with Crippen molar-refractivity contribution in [1.82, 2.24) is 4.90 Å². The molecule has 2 unspecified atom stereocenters. The SMILES string of the molecule is CCC1CCCCN1CC(O)COc1ccc2c(c1)OCO2.Cl. The predicted octanol–water partition coefficient (Wildman–Crippen LogP) is 2.84. The van der Waals surface area contributed by atoms with Crippen molar-refractivity contribution >= 4 is 12.4 Å². The van der Waals surface area contributed by atoms with Gasteiger partial charge in [-0.25, -0.2) is 0 Å². The molecule has 2 heterocycles. The Kier molecular flexibility index (Phi) is 6.81. The van der Waals surface area contributed by atoms with E-state index in [1.165, 1.54) is 19.3 Å². The number of aliphatic hydroxyl groups is 1. The summed E-state index contributed by atoms with van der Waals surface area (Å²) < 4.78 is 16.3. The average Bonchev–Trinajstić information content (AvgIpc) is 3.01. The third-order valence-electron chi connectivity index (χ3n) is 4.45. The van der Waals surface area contributed by atoms with Crippen molar-refractivity contribution < 1.29 is 19.3 Å². The fourth-order valence-electron chi connectivity index (χ4n) is 3.25. The second-order valence-corrected chi connectivity index (χ2v) is 6.03. The maximum Gasteiger partial charge on any atom is 0.231 e. The summed E-state index contributed by atoms with van der Waals surface area (Å²) >= 11 is 0. The van der Waals surface area contributed by atoms with Crippen LogP contribution in [0.15, 0.2) is 18.2 Å². The Balaban J connectivity index is 0.00000192. The van der Waals surface area contributed by atoms with Crippen LogP contribution in [0.25, 0.3) is 0 Å². The molecule has 0 aliphatic carbocycles. The molecule has 1 N–H and O–H groups in total. The first-order valence-electron chi connectivity index (χ1n) is 8.21. The lowest BCUT2D eigenvalue weighted by molar-refractivity contribution is 0.0387. The Morgan fingerprint density at radius 3 is 2.96 bits per heavy atom. The van der Waals surface area contributed by atoms with E-state index in [1.807, 2.05) is 18.2 Å². The van der Waals surface area contributed by atoms with Crippen LogP contribution in [-0.2, 0) is 0 Å². The van der Waals surface area contributed by atoms with E-state index in [2.05, 4.69) is 11.8 Å². The summed E-state index contributed by atoms with van der Waals surface area (Å²) in [5.41, 5.74) is 0. The number of aliphatic hydroxyl groups excluding tert-OH is 1. The number of halogens is 1. The zero-order valence-corrected chi connectivity index (χ0v) is 14.4. The Hall–Kier alpha value is -1.17. The summed E-state index contributed by atoms with van der Waals surface area (Å²) in [7, 11) is 0. The van der Waals surface area contributed by atoms with Crippen LogP contribution >= 0.6 is 12.4 Å². The Morgan fingerprint density at radius 1 is 1.30 bits per heavy atom. The van der Waals surface area contributed by atoms with Gasteiger partial charge < -0.3 is 19.3 Å². The van der Waals surface area contributed by atoms with Crippen LogP contribution in [0.4, 0.5) is 0 Å². The average molecular weight is 344 g/mol. The molecule has 1 fully saturated rings. The lowest BCUT2D eigenvalue weighted by Crippen LogP contribution is -2.44. The number of hydrogen-bond acceptors (Lipinski definition) is 5. The minimum atomic E-state index is -0.474. The second kappa shape index (κ2) is 8.62. The molecule has 0 amide bonds. The molecule has 3 rings (SSSR count). The highest BCUT2D eigenvalue weighted by Crippen LogP contribution is 2.35. The van der Waals surface area contributed by atoms with E-state index in [1.54, 1.807) is 0 Å². The van der Waals surface area contributed by atoms with Crippen molar-refractivity contribution in [3.05, 3.63) is 18.2 Å². The van der Waals surface area contributed by atoms with Crippen LogP contribution in [0.1, 0.15) is 32.6 Å². The zero-order valence-electron chi connectivity index (χ0n) is 13.6. The van der Waals surface area contributed by atoms with E-state index in [4.69, 9.17) is 14.2 Å². The highest BCUT2D eigenvalue weighted by atomic mass is 35.5. The molecule has 0 bridgehead atoms. The van der Waals surface area contributed by atoms with Crippen molar-refractivity contribution in [2.75, 3.05) is 26.5 Å². The van der Waals surface area contributed by atoms with Crippen LogP contribution in [0.2, 0.25) is 0 Å². The number of likely N-dealkylation sites (tertiary alicyclic amines) is 1. The van der Waals surface area contributed by atoms with Crippen molar-refractivity contribution in [3.8, 4) is 17.2 Å². The van der Waals surface area contributed by atoms with Crippen LogP contribution in [-0.4, -0.2) is 48.6 Å². The molecule has 0 saturated carbocycles. The van der Waals surface area contributed by atoms with Gasteiger partial charge in [0.25, 0.3) is 0 Å². The molecular formula is C17H26ClNO4. The molecule has 0 radical (unpaired) electrons. The molecule has 130 valence electrons. The topological polar surface area (TPSA) is 51.2 Å². The van der Waals surface area contributed by atoms with Crippen LogP contribution in [0.5, 0.6) is 17.2 Å². The van der Waals surface area contributed by atoms with Crippen LogP contribution in [0.3, 0.4) is 0 Å². The summed E-state index contributed by atoms with van der Waals surface area (Å²) in [6.07, 6.45) is 4.45. The van der Waals surface area contributed by atoms with Gasteiger partial charge in [-0.05, 0) is 37.9 Å². The van der Waals surface area contributed by atoms with Gasteiger partial charge in [-0.1, -0.05) is 13.3 Å². The zero-order chi connectivity index (χ0) is 15.4. The number of fused-ring (bicyclic) bond motifs is 1. The monoisotopic (exact) mass is 343 g/mol. The first kappa shape index (κ1) is 18.2. The number of hydrogen-bond donors (Lipinski definition) is 1. The molecule has 1 aromatic rings. The van der Waals surface area contributed by atoms with Gasteiger partial charge in [0.15, 0.2) is 11.5 Å². The molecule has 1 aromatic carbocycles. The minimum Gasteiger partial charge on any atom is -0.491 e. The van der Waals surface area contributed by atoms with Crippen molar-refractivity contribution in [3.63, 3.8) is 0 Å². The van der Waals surface area contributed by atoms with Crippen LogP contribution < -0.4 is 14.2 Å². The highest BCUT2D eigenvalue weighted by molar-refractivity contribution is 5.85. The van der Waals surface area contributed by atoms with E-state index in [0.29, 0.717) is 30.7 Å². The van der Waals surface area contributed by atoms with Gasteiger partial charge >= 0.3 is 0 Å². The number of nitrogens with zero attached hydrogens (tertiary/aromatic N) is 1. The maximum atomic E-state index is 10.2. The van der Waals surface area contributed by atoms with Crippen molar-refractivity contribution in [2.45, 2.75) is 44.8 Å². The number of piperidine rings is 1. The summed E-state index contributed by atoms with van der Waals surface area (Å²) in [5, 5.41) is 10.2. The Labute approximate surface area is 143 Å². The van der Waals surface area contributed by atoms with Gasteiger partial charge in [0.2, 0.25) is 6.79 Å². The number of rotatable bonds is 6. The Morgan fingerprint density at radius 2 is 2.13 bits per heavy atom. The van der Waals surface area contributed by atoms with Gasteiger partial charge in [-0.3, -0.25) is 4.90 Å². The lowest BCUT2D eigenvalue weighted by Gasteiger charge is -2.36. The highest BCUT2D eigenvalue weighted by Gasteiger charge is 2.23. The number of benzene rings is 1. The number of β-amino-alcohol motifs (C(OH)–C–C–N with tert-alkyl or cyclic N) is 1. The molecular weight excluding hydrogens is 318 g/mol. The second-order valence-electron chi connectivity index (χ2n) is 6.03. The normalized spacial score (nSPS) is 21.6. The molecule has 2 atom stereocenters. The van der Waals surface area contributed by atoms with Gasteiger partial charge in [0, 0.05) is 18.7 Å². The standard InChI is InChI=1S/C17H25NO4.ClH/c1-2-13-5-3-4-8-18(13)10-14(19)11-20-15-6-7-16-17(9-15)22-12-21-16;/h6-7,9,13-14,19H,2-5,8,10-12H2,1H3;1H. The van der Waals surface area contributed by atoms with Crippen molar-refractivity contribution in [1.29, 1.82) is 0 Å². The molecule has 6 heteroatoms. The maximum absolute atomic E-state index is 10.2. The third-order valence-corrected chi connectivity index (χ3v) is 4.45. The molecule has 1 saturated heterocycles. The van der Waals surface area contributed by atoms with E-state index < -0.39 is 6.10 Å². The molecule has 2 aliphatic rings. The smallest absolute Gasteiger partial charge is 0.231 e. The molecule has 0 spiro atoms. The van der Waals surface area contributed by atoms with Gasteiger partial charge in [-0.2, -0.15) is 0 Å². The van der Waals surface area contributed by atoms with Gasteiger partial charge in [0.1, 0.15) is 18.5 Å². The summed E-state index contributed by atoms with van der Waals surface area (Å²) in [4.78, 5) is 2.40. The largest absolute Gasteiger partial charge is 0.491 e. The quantitative estimate of drug-likeness (QED) is 0.860. The lowest BCUT2D eigenvalue weighted by atomic mass is 10.00. The molecule has 5 nitrogen and oxygen atoms in total. The Bertz CT molecular complexity index is 499.